The number of hydrogen-bond donors (Lipinski definition) is 1. The van der Waals surface area contributed by atoms with Gasteiger partial charge in [0.05, 0.1) is 12.7 Å². The lowest BCUT2D eigenvalue weighted by atomic mass is 9.83. The summed E-state index contributed by atoms with van der Waals surface area (Å²) in [6.07, 6.45) is 8.41. The minimum Gasteiger partial charge on any atom is -0.511 e. The Morgan fingerprint density at radius 2 is 1.83 bits per heavy atom. The first kappa shape index (κ1) is 16.7. The summed E-state index contributed by atoms with van der Waals surface area (Å²) < 4.78 is 5.16. The molecule has 1 saturated carbocycles. The first-order valence-corrected chi connectivity index (χ1v) is 8.80. The van der Waals surface area contributed by atoms with E-state index in [1.54, 1.807) is 13.3 Å². The van der Waals surface area contributed by atoms with Crippen molar-refractivity contribution in [2.45, 2.75) is 56.9 Å². The van der Waals surface area contributed by atoms with Crippen molar-refractivity contribution < 1.29 is 14.6 Å². The van der Waals surface area contributed by atoms with Crippen molar-refractivity contribution in [3.8, 4) is 5.75 Å². The predicted octanol–water partition coefficient (Wildman–Crippen LogP) is 4.36. The van der Waals surface area contributed by atoms with Crippen LogP contribution in [0.5, 0.6) is 5.75 Å². The molecule has 1 aromatic rings. The molecule has 4 heteroatoms. The number of carbonyl (C=O) groups is 1. The number of aliphatic hydroxyl groups is 1. The monoisotopic (exact) mass is 327 g/mol. The van der Waals surface area contributed by atoms with E-state index >= 15 is 0 Å². The normalized spacial score (nSPS) is 23.0. The van der Waals surface area contributed by atoms with Gasteiger partial charge < -0.3 is 9.84 Å². The highest BCUT2D eigenvalue weighted by atomic mass is 16.5. The fourth-order valence-electron chi connectivity index (χ4n) is 3.58. The number of ketones is 1. The number of allylic oxidation sites excluding steroid dienone is 2. The topological polar surface area (TPSA) is 58.9 Å². The Hall–Kier alpha value is -2.10. The first-order valence-electron chi connectivity index (χ1n) is 8.80. The van der Waals surface area contributed by atoms with Gasteiger partial charge in [0.25, 0.3) is 0 Å². The number of nitrogens with zero attached hydrogens (tertiary/aromatic N) is 1. The molecular weight excluding hydrogens is 302 g/mol. The molecule has 24 heavy (non-hydrogen) atoms. The van der Waals surface area contributed by atoms with Gasteiger partial charge >= 0.3 is 0 Å². The van der Waals surface area contributed by atoms with Crippen LogP contribution >= 0.6 is 0 Å². The van der Waals surface area contributed by atoms with Crippen LogP contribution in [-0.2, 0) is 4.79 Å². The maximum absolute atomic E-state index is 12.5. The molecule has 0 spiro atoms. The maximum atomic E-state index is 12.5. The molecule has 2 aliphatic carbocycles. The van der Waals surface area contributed by atoms with Crippen LogP contribution in [-0.4, -0.2) is 30.3 Å². The smallest absolute Gasteiger partial charge is 0.168 e. The van der Waals surface area contributed by atoms with Gasteiger partial charge in [0, 0.05) is 25.1 Å². The predicted molar refractivity (Wildman–Crippen MR) is 95.0 cm³/mol. The highest BCUT2D eigenvalue weighted by Crippen LogP contribution is 2.34. The molecule has 1 N–H and O–H groups in total. The fourth-order valence-corrected chi connectivity index (χ4v) is 3.58. The Morgan fingerprint density at radius 3 is 2.46 bits per heavy atom. The molecule has 0 bridgehead atoms. The molecule has 3 rings (SSSR count). The number of benzene rings is 1. The van der Waals surface area contributed by atoms with Crippen molar-refractivity contribution in [3.63, 3.8) is 0 Å². The molecular formula is C20H25NO3. The van der Waals surface area contributed by atoms with Gasteiger partial charge in [-0.2, -0.15) is 0 Å². The van der Waals surface area contributed by atoms with Gasteiger partial charge in [-0.1, -0.05) is 31.4 Å². The lowest BCUT2D eigenvalue weighted by Crippen LogP contribution is -2.20. The Balaban J connectivity index is 1.71. The van der Waals surface area contributed by atoms with Gasteiger partial charge in [0.2, 0.25) is 0 Å². The zero-order valence-electron chi connectivity index (χ0n) is 14.2. The highest BCUT2D eigenvalue weighted by molar-refractivity contribution is 6.14. The van der Waals surface area contributed by atoms with Gasteiger partial charge in [-0.15, -0.1) is 0 Å². The van der Waals surface area contributed by atoms with E-state index in [0.29, 0.717) is 24.5 Å². The highest BCUT2D eigenvalue weighted by Gasteiger charge is 2.28. The van der Waals surface area contributed by atoms with Crippen LogP contribution in [0, 0.1) is 0 Å². The van der Waals surface area contributed by atoms with Crippen molar-refractivity contribution in [1.82, 2.24) is 0 Å². The molecule has 128 valence electrons. The molecule has 1 atom stereocenters. The first-order chi connectivity index (χ1) is 11.7. The second-order valence-corrected chi connectivity index (χ2v) is 6.73. The molecule has 0 saturated heterocycles. The van der Waals surface area contributed by atoms with Gasteiger partial charge in [-0.3, -0.25) is 9.79 Å². The SMILES string of the molecule is COc1ccc(C2CC(=O)C(C=NC3CCCCC3)=C(O)C2)cc1. The third-order valence-corrected chi connectivity index (χ3v) is 5.06. The van der Waals surface area contributed by atoms with Gasteiger partial charge in [-0.05, 0) is 36.5 Å². The van der Waals surface area contributed by atoms with E-state index in [2.05, 4.69) is 4.99 Å². The van der Waals surface area contributed by atoms with E-state index in [4.69, 9.17) is 4.74 Å². The molecule has 1 unspecified atom stereocenters. The van der Waals surface area contributed by atoms with Crippen LogP contribution in [0.4, 0.5) is 0 Å². The maximum Gasteiger partial charge on any atom is 0.168 e. The summed E-state index contributed by atoms with van der Waals surface area (Å²) in [5.41, 5.74) is 1.46. The third-order valence-electron chi connectivity index (χ3n) is 5.06. The van der Waals surface area contributed by atoms with Crippen LogP contribution in [0.2, 0.25) is 0 Å². The summed E-state index contributed by atoms with van der Waals surface area (Å²) in [4.78, 5) is 17.0. The Labute approximate surface area is 143 Å². The molecule has 4 nitrogen and oxygen atoms in total. The van der Waals surface area contributed by atoms with Gasteiger partial charge in [-0.25, -0.2) is 0 Å². The zero-order chi connectivity index (χ0) is 16.9. The molecule has 1 fully saturated rings. The van der Waals surface area contributed by atoms with E-state index < -0.39 is 0 Å². The van der Waals surface area contributed by atoms with E-state index in [1.165, 1.54) is 19.3 Å². The summed E-state index contributed by atoms with van der Waals surface area (Å²) >= 11 is 0. The number of methoxy groups -OCH3 is 1. The lowest BCUT2D eigenvalue weighted by molar-refractivity contribution is -0.116. The summed E-state index contributed by atoms with van der Waals surface area (Å²) in [5.74, 6) is 0.974. The van der Waals surface area contributed by atoms with Crippen LogP contribution in [0.25, 0.3) is 0 Å². The molecule has 1 aromatic carbocycles. The number of rotatable bonds is 4. The second-order valence-electron chi connectivity index (χ2n) is 6.73. The van der Waals surface area contributed by atoms with Gasteiger partial charge in [0.15, 0.2) is 5.78 Å². The van der Waals surface area contributed by atoms with Crippen molar-refractivity contribution in [2.24, 2.45) is 4.99 Å². The van der Waals surface area contributed by atoms with Gasteiger partial charge in [0.1, 0.15) is 11.5 Å². The third kappa shape index (κ3) is 3.86. The zero-order valence-corrected chi connectivity index (χ0v) is 14.2. The molecule has 2 aliphatic rings. The molecule has 0 aromatic heterocycles. The summed E-state index contributed by atoms with van der Waals surface area (Å²) in [5, 5.41) is 10.3. The average Bonchev–Trinajstić information content (AvgIpc) is 2.62. The van der Waals surface area contributed by atoms with Crippen LogP contribution in [0.15, 0.2) is 40.6 Å². The van der Waals surface area contributed by atoms with Crippen LogP contribution in [0.1, 0.15) is 56.4 Å². The number of aliphatic imine (C=N–C) groups is 1. The van der Waals surface area contributed by atoms with Crippen molar-refractivity contribution >= 4 is 12.0 Å². The Morgan fingerprint density at radius 1 is 1.12 bits per heavy atom. The number of ether oxygens (including phenoxy) is 1. The number of carbonyl (C=O) groups excluding carboxylic acids is 1. The van der Waals surface area contributed by atoms with Crippen molar-refractivity contribution in [1.29, 1.82) is 0 Å². The van der Waals surface area contributed by atoms with Crippen LogP contribution < -0.4 is 4.74 Å². The summed E-state index contributed by atoms with van der Waals surface area (Å²) in [7, 11) is 1.63. The average molecular weight is 327 g/mol. The second kappa shape index (κ2) is 7.65. The molecule has 0 heterocycles. The fraction of sp³-hybridized carbons (Fsp3) is 0.500. The molecule has 0 radical (unpaired) electrons. The Bertz CT molecular complexity index is 639. The van der Waals surface area contributed by atoms with Crippen LogP contribution in [0.3, 0.4) is 0 Å². The van der Waals surface area contributed by atoms with Crippen molar-refractivity contribution in [3.05, 3.63) is 41.2 Å². The standard InChI is InChI=1S/C20H25NO3/c1-24-17-9-7-14(8-10-17)15-11-19(22)18(20(23)12-15)13-21-16-5-3-2-4-6-16/h7-10,13,15-16,22H,2-6,11-12H2,1H3. The molecule has 0 amide bonds. The van der Waals surface area contributed by atoms with E-state index in [0.717, 1.165) is 24.2 Å². The van der Waals surface area contributed by atoms with E-state index in [-0.39, 0.29) is 17.5 Å². The summed E-state index contributed by atoms with van der Waals surface area (Å²) in [6, 6.07) is 8.02. The molecule has 0 aliphatic heterocycles. The number of aliphatic hydroxyl groups excluding tert-OH is 1. The minimum absolute atomic E-state index is 0.0147. The lowest BCUT2D eigenvalue weighted by Gasteiger charge is -2.23. The van der Waals surface area contributed by atoms with Crippen molar-refractivity contribution in [2.75, 3.05) is 7.11 Å². The Kier molecular flexibility index (Phi) is 5.34. The van der Waals surface area contributed by atoms with E-state index in [1.807, 2.05) is 24.3 Å². The number of hydrogen-bond acceptors (Lipinski definition) is 4. The van der Waals surface area contributed by atoms with E-state index in [9.17, 15) is 9.90 Å². The number of Topliss-reactive ketones (excluding diaryl/α,β-unsaturated/α-hetero) is 1. The largest absolute Gasteiger partial charge is 0.511 e. The quantitative estimate of drug-likeness (QED) is 0.836. The summed E-state index contributed by atoms with van der Waals surface area (Å²) in [6.45, 7) is 0. The minimum atomic E-state index is -0.0147.